The van der Waals surface area contributed by atoms with E-state index < -0.39 is 11.0 Å². The van der Waals surface area contributed by atoms with Crippen molar-refractivity contribution in [1.82, 2.24) is 14.7 Å². The molecule has 124 valence electrons. The number of aryl methyl sites for hydroxylation is 1. The van der Waals surface area contributed by atoms with Gasteiger partial charge in [0.25, 0.3) is 0 Å². The van der Waals surface area contributed by atoms with Crippen LogP contribution in [-0.2, 0) is 6.54 Å². The van der Waals surface area contributed by atoms with E-state index in [1.54, 1.807) is 10.9 Å². The van der Waals surface area contributed by atoms with E-state index in [1.165, 1.54) is 6.07 Å². The maximum absolute atomic E-state index is 10.6. The first-order chi connectivity index (χ1) is 11.0. The van der Waals surface area contributed by atoms with E-state index in [0.29, 0.717) is 19.6 Å². The SMILES string of the molecule is CCN(CCn1ccc([N+](=O)[O-])n1)CC(O)c1ccc(C)cc1. The monoisotopic (exact) mass is 318 g/mol. The molecule has 2 aromatic rings. The molecule has 0 amide bonds. The fourth-order valence-corrected chi connectivity index (χ4v) is 2.33. The van der Waals surface area contributed by atoms with Gasteiger partial charge in [0.05, 0.1) is 30.0 Å². The minimum absolute atomic E-state index is 0.146. The molecule has 0 bridgehead atoms. The van der Waals surface area contributed by atoms with Crippen molar-refractivity contribution < 1.29 is 10.0 Å². The van der Waals surface area contributed by atoms with Gasteiger partial charge in [0.2, 0.25) is 0 Å². The zero-order chi connectivity index (χ0) is 16.8. The highest BCUT2D eigenvalue weighted by Gasteiger charge is 2.14. The molecule has 1 heterocycles. The third kappa shape index (κ3) is 4.87. The standard InChI is InChI=1S/C16H22N4O3/c1-3-18(10-11-19-9-8-16(17-19)20(22)23)12-15(21)14-6-4-13(2)5-7-14/h4-9,15,21H,3,10-12H2,1-2H3. The quantitative estimate of drug-likeness (QED) is 0.595. The second-order valence-electron chi connectivity index (χ2n) is 5.51. The van der Waals surface area contributed by atoms with Gasteiger partial charge in [0.1, 0.15) is 0 Å². The van der Waals surface area contributed by atoms with Crippen LogP contribution in [-0.4, -0.2) is 44.3 Å². The molecule has 7 heteroatoms. The van der Waals surface area contributed by atoms with E-state index in [2.05, 4.69) is 10.00 Å². The summed E-state index contributed by atoms with van der Waals surface area (Å²) in [5, 5.41) is 24.8. The molecule has 0 aliphatic heterocycles. The second kappa shape index (κ2) is 7.85. The third-order valence-electron chi connectivity index (χ3n) is 3.80. The number of aromatic nitrogens is 2. The van der Waals surface area contributed by atoms with Crippen molar-refractivity contribution >= 4 is 5.82 Å². The summed E-state index contributed by atoms with van der Waals surface area (Å²) >= 11 is 0. The number of hydrogen-bond acceptors (Lipinski definition) is 5. The van der Waals surface area contributed by atoms with Crippen LogP contribution in [0.1, 0.15) is 24.2 Å². The smallest absolute Gasteiger partial charge is 0.387 e. The average Bonchev–Trinajstić information content (AvgIpc) is 3.01. The predicted octanol–water partition coefficient (Wildman–Crippen LogP) is 2.16. The highest BCUT2D eigenvalue weighted by molar-refractivity contribution is 5.23. The van der Waals surface area contributed by atoms with Crippen molar-refractivity contribution in [3.8, 4) is 0 Å². The summed E-state index contributed by atoms with van der Waals surface area (Å²) < 4.78 is 1.55. The van der Waals surface area contributed by atoms with Gasteiger partial charge in [-0.25, -0.2) is 0 Å². The average molecular weight is 318 g/mol. The summed E-state index contributed by atoms with van der Waals surface area (Å²) in [7, 11) is 0. The van der Waals surface area contributed by atoms with E-state index in [-0.39, 0.29) is 5.82 Å². The molecule has 0 fully saturated rings. The largest absolute Gasteiger partial charge is 0.389 e. The van der Waals surface area contributed by atoms with Crippen molar-refractivity contribution in [3.05, 3.63) is 57.8 Å². The molecule has 1 aromatic carbocycles. The Kier molecular flexibility index (Phi) is 5.84. The first-order valence-corrected chi connectivity index (χ1v) is 7.64. The van der Waals surface area contributed by atoms with Crippen molar-refractivity contribution in [2.45, 2.75) is 26.5 Å². The van der Waals surface area contributed by atoms with Gasteiger partial charge in [0, 0.05) is 13.1 Å². The Bertz CT molecular complexity index is 639. The van der Waals surface area contributed by atoms with Gasteiger partial charge in [0.15, 0.2) is 0 Å². The fraction of sp³-hybridized carbons (Fsp3) is 0.438. The lowest BCUT2D eigenvalue weighted by molar-refractivity contribution is -0.389. The summed E-state index contributed by atoms with van der Waals surface area (Å²) in [4.78, 5) is 12.2. The minimum Gasteiger partial charge on any atom is -0.387 e. The normalized spacial score (nSPS) is 12.5. The van der Waals surface area contributed by atoms with Crippen molar-refractivity contribution in [2.24, 2.45) is 0 Å². The molecule has 1 N–H and O–H groups in total. The van der Waals surface area contributed by atoms with Gasteiger partial charge in [-0.15, -0.1) is 0 Å². The van der Waals surface area contributed by atoms with Crippen LogP contribution in [0.25, 0.3) is 0 Å². The van der Waals surface area contributed by atoms with Crippen LogP contribution in [0.3, 0.4) is 0 Å². The third-order valence-corrected chi connectivity index (χ3v) is 3.80. The molecule has 2 rings (SSSR count). The number of aliphatic hydroxyl groups is 1. The topological polar surface area (TPSA) is 84.4 Å². The van der Waals surface area contributed by atoms with Crippen LogP contribution in [0.2, 0.25) is 0 Å². The zero-order valence-electron chi connectivity index (χ0n) is 13.4. The van der Waals surface area contributed by atoms with Gasteiger partial charge in [-0.1, -0.05) is 36.8 Å². The molecular formula is C16H22N4O3. The van der Waals surface area contributed by atoms with Crippen LogP contribution < -0.4 is 0 Å². The van der Waals surface area contributed by atoms with E-state index in [0.717, 1.165) is 17.7 Å². The summed E-state index contributed by atoms with van der Waals surface area (Å²) in [5.41, 5.74) is 2.05. The summed E-state index contributed by atoms with van der Waals surface area (Å²) in [6, 6.07) is 9.22. The number of hydrogen-bond donors (Lipinski definition) is 1. The van der Waals surface area contributed by atoms with E-state index >= 15 is 0 Å². The molecule has 0 radical (unpaired) electrons. The molecule has 0 spiro atoms. The molecule has 0 aliphatic rings. The van der Waals surface area contributed by atoms with Crippen LogP contribution in [0.4, 0.5) is 5.82 Å². The second-order valence-corrected chi connectivity index (χ2v) is 5.51. The van der Waals surface area contributed by atoms with Gasteiger partial charge < -0.3 is 15.2 Å². The maximum atomic E-state index is 10.6. The molecule has 1 aromatic heterocycles. The van der Waals surface area contributed by atoms with Gasteiger partial charge >= 0.3 is 5.82 Å². The number of rotatable bonds is 8. The lowest BCUT2D eigenvalue weighted by Crippen LogP contribution is -2.31. The van der Waals surface area contributed by atoms with Crippen LogP contribution in [0.15, 0.2) is 36.5 Å². The molecule has 1 unspecified atom stereocenters. The highest BCUT2D eigenvalue weighted by atomic mass is 16.6. The first-order valence-electron chi connectivity index (χ1n) is 7.64. The number of benzene rings is 1. The van der Waals surface area contributed by atoms with Gasteiger partial charge in [-0.05, 0) is 24.0 Å². The zero-order valence-corrected chi connectivity index (χ0v) is 13.4. The van der Waals surface area contributed by atoms with Gasteiger partial charge in [-0.3, -0.25) is 4.90 Å². The Morgan fingerprint density at radius 1 is 1.35 bits per heavy atom. The lowest BCUT2D eigenvalue weighted by Gasteiger charge is -2.23. The van der Waals surface area contributed by atoms with Crippen LogP contribution >= 0.6 is 0 Å². The minimum atomic E-state index is -0.553. The Hall–Kier alpha value is -2.25. The fourth-order valence-electron chi connectivity index (χ4n) is 2.33. The summed E-state index contributed by atoms with van der Waals surface area (Å²) in [5.74, 6) is -0.146. The molecule has 23 heavy (non-hydrogen) atoms. The molecule has 0 saturated heterocycles. The Balaban J connectivity index is 1.89. The molecule has 0 aliphatic carbocycles. The Morgan fingerprint density at radius 2 is 2.04 bits per heavy atom. The van der Waals surface area contributed by atoms with Gasteiger partial charge in [-0.2, -0.15) is 4.68 Å². The maximum Gasteiger partial charge on any atom is 0.389 e. The van der Waals surface area contributed by atoms with Crippen molar-refractivity contribution in [2.75, 3.05) is 19.6 Å². The van der Waals surface area contributed by atoms with Crippen LogP contribution in [0.5, 0.6) is 0 Å². The van der Waals surface area contributed by atoms with E-state index in [9.17, 15) is 15.2 Å². The molecular weight excluding hydrogens is 296 g/mol. The Labute approximate surface area is 135 Å². The van der Waals surface area contributed by atoms with Crippen molar-refractivity contribution in [1.29, 1.82) is 0 Å². The lowest BCUT2D eigenvalue weighted by atomic mass is 10.1. The highest BCUT2D eigenvalue weighted by Crippen LogP contribution is 2.15. The first kappa shape index (κ1) is 17.1. The van der Waals surface area contributed by atoms with E-state index in [4.69, 9.17) is 0 Å². The molecule has 7 nitrogen and oxygen atoms in total. The van der Waals surface area contributed by atoms with E-state index in [1.807, 2.05) is 38.1 Å². The molecule has 1 atom stereocenters. The van der Waals surface area contributed by atoms with Crippen molar-refractivity contribution in [3.63, 3.8) is 0 Å². The number of aliphatic hydroxyl groups excluding tert-OH is 1. The van der Waals surface area contributed by atoms with Crippen LogP contribution in [0, 0.1) is 17.0 Å². The predicted molar refractivity (Wildman–Crippen MR) is 87.1 cm³/mol. The summed E-state index contributed by atoms with van der Waals surface area (Å²) in [6.07, 6.45) is 1.05. The number of likely N-dealkylation sites (N-methyl/N-ethyl adjacent to an activating group) is 1. The number of nitro groups is 1. The number of nitrogens with zero attached hydrogens (tertiary/aromatic N) is 4. The molecule has 0 saturated carbocycles. The summed E-state index contributed by atoms with van der Waals surface area (Å²) in [6.45, 7) is 6.54. The Morgan fingerprint density at radius 3 is 2.61 bits per heavy atom.